The van der Waals surface area contributed by atoms with Gasteiger partial charge in [-0.25, -0.2) is 0 Å². The smallest absolute Gasteiger partial charge is 0.326 e. The second-order valence-corrected chi connectivity index (χ2v) is 4.35. The molecule has 2 nitrogen and oxygen atoms in total. The first-order valence-electron chi connectivity index (χ1n) is 5.05. The Morgan fingerprint density at radius 2 is 1.69 bits per heavy atom. The molecule has 2 unspecified atom stereocenters. The molecule has 0 aromatic heterocycles. The van der Waals surface area contributed by atoms with Gasteiger partial charge in [0.1, 0.15) is 0 Å². The Morgan fingerprint density at radius 1 is 1.19 bits per heavy atom. The van der Waals surface area contributed by atoms with Gasteiger partial charge < -0.3 is 5.73 Å². The van der Waals surface area contributed by atoms with Crippen molar-refractivity contribution in [3.05, 3.63) is 0 Å². The fraction of sp³-hybridized carbons (Fsp3) is 1.00. The summed E-state index contributed by atoms with van der Waals surface area (Å²) in [6.07, 6.45) is -5.39. The second kappa shape index (κ2) is 4.10. The third-order valence-electron chi connectivity index (χ3n) is 2.90. The number of alkyl halides is 5. The maximum Gasteiger partial charge on any atom is 0.455 e. The number of likely N-dealkylation sites (tertiary alicyclic amines) is 1. The van der Waals surface area contributed by atoms with E-state index in [-0.39, 0.29) is 19.0 Å². The van der Waals surface area contributed by atoms with E-state index in [1.54, 1.807) is 13.8 Å². The molecule has 7 heteroatoms. The molecule has 2 atom stereocenters. The molecular weight excluding hydrogens is 231 g/mol. The zero-order chi connectivity index (χ0) is 12.7. The molecule has 0 spiro atoms. The lowest BCUT2D eigenvalue weighted by atomic mass is 10.0. The minimum absolute atomic E-state index is 0.161. The van der Waals surface area contributed by atoms with E-state index in [2.05, 4.69) is 0 Å². The average molecular weight is 246 g/mol. The molecule has 96 valence electrons. The van der Waals surface area contributed by atoms with Gasteiger partial charge in [-0.15, -0.1) is 0 Å². The third kappa shape index (κ3) is 2.15. The van der Waals surface area contributed by atoms with Crippen LogP contribution >= 0.6 is 0 Å². The van der Waals surface area contributed by atoms with Crippen LogP contribution in [0, 0.1) is 0 Å². The van der Waals surface area contributed by atoms with Crippen molar-refractivity contribution in [2.24, 2.45) is 5.73 Å². The normalized spacial score (nSPS) is 29.1. The molecule has 0 amide bonds. The number of rotatable bonds is 2. The molecule has 2 N–H and O–H groups in total. The minimum Gasteiger partial charge on any atom is -0.326 e. The van der Waals surface area contributed by atoms with Gasteiger partial charge in [-0.1, -0.05) is 0 Å². The van der Waals surface area contributed by atoms with Crippen molar-refractivity contribution in [1.82, 2.24) is 4.90 Å². The Morgan fingerprint density at radius 3 is 2.06 bits per heavy atom. The summed E-state index contributed by atoms with van der Waals surface area (Å²) < 4.78 is 63.3. The molecule has 0 aliphatic carbocycles. The fourth-order valence-corrected chi connectivity index (χ4v) is 2.07. The highest BCUT2D eigenvalue weighted by Gasteiger charge is 2.66. The summed E-state index contributed by atoms with van der Waals surface area (Å²) in [6, 6.07) is -3.47. The minimum atomic E-state index is -5.55. The molecule has 0 saturated carbocycles. The van der Waals surface area contributed by atoms with E-state index < -0.39 is 24.2 Å². The highest BCUT2D eigenvalue weighted by atomic mass is 19.4. The van der Waals surface area contributed by atoms with Gasteiger partial charge in [-0.2, -0.15) is 22.0 Å². The van der Waals surface area contributed by atoms with Gasteiger partial charge in [0, 0.05) is 18.6 Å². The quantitative estimate of drug-likeness (QED) is 0.755. The van der Waals surface area contributed by atoms with Crippen LogP contribution in [0.25, 0.3) is 0 Å². The lowest BCUT2D eigenvalue weighted by molar-refractivity contribution is -0.303. The molecule has 1 fully saturated rings. The van der Waals surface area contributed by atoms with Gasteiger partial charge in [-0.3, -0.25) is 4.90 Å². The van der Waals surface area contributed by atoms with Crippen LogP contribution in [0.4, 0.5) is 22.0 Å². The van der Waals surface area contributed by atoms with Gasteiger partial charge in [0.05, 0.1) is 6.04 Å². The first-order valence-corrected chi connectivity index (χ1v) is 5.05. The Bertz CT molecular complexity index is 251. The molecule has 1 saturated heterocycles. The predicted octanol–water partition coefficient (Wildman–Crippen LogP) is 1.99. The van der Waals surface area contributed by atoms with Crippen LogP contribution in [0.3, 0.4) is 0 Å². The van der Waals surface area contributed by atoms with Crippen molar-refractivity contribution in [3.8, 4) is 0 Å². The number of nitrogens with zero attached hydrogens (tertiary/aromatic N) is 1. The van der Waals surface area contributed by atoms with Crippen LogP contribution in [0.15, 0.2) is 0 Å². The van der Waals surface area contributed by atoms with E-state index in [9.17, 15) is 22.0 Å². The Hall–Kier alpha value is -0.430. The van der Waals surface area contributed by atoms with E-state index in [1.165, 1.54) is 0 Å². The third-order valence-corrected chi connectivity index (χ3v) is 2.90. The predicted molar refractivity (Wildman–Crippen MR) is 49.2 cm³/mol. The summed E-state index contributed by atoms with van der Waals surface area (Å²) in [5, 5.41) is 0. The molecule has 1 rings (SSSR count). The maximum atomic E-state index is 13.2. The van der Waals surface area contributed by atoms with Crippen molar-refractivity contribution in [2.45, 2.75) is 50.5 Å². The van der Waals surface area contributed by atoms with Crippen LogP contribution in [0.2, 0.25) is 0 Å². The summed E-state index contributed by atoms with van der Waals surface area (Å²) in [6.45, 7) is 3.34. The van der Waals surface area contributed by atoms with Crippen LogP contribution in [-0.2, 0) is 0 Å². The zero-order valence-electron chi connectivity index (χ0n) is 9.06. The number of nitrogens with two attached hydrogens (primary N) is 1. The fourth-order valence-electron chi connectivity index (χ4n) is 2.07. The van der Waals surface area contributed by atoms with E-state index in [0.717, 1.165) is 4.90 Å². The molecule has 0 radical (unpaired) electrons. The van der Waals surface area contributed by atoms with Crippen molar-refractivity contribution < 1.29 is 22.0 Å². The highest BCUT2D eigenvalue weighted by molar-refractivity contribution is 5.02. The van der Waals surface area contributed by atoms with Gasteiger partial charge in [0.2, 0.25) is 0 Å². The van der Waals surface area contributed by atoms with Gasteiger partial charge in [0.25, 0.3) is 0 Å². The van der Waals surface area contributed by atoms with E-state index in [1.807, 2.05) is 0 Å². The van der Waals surface area contributed by atoms with E-state index in [4.69, 9.17) is 5.73 Å². The molecule has 0 aromatic carbocycles. The lowest BCUT2D eigenvalue weighted by Gasteiger charge is -2.36. The van der Waals surface area contributed by atoms with Crippen LogP contribution in [-0.4, -0.2) is 41.7 Å². The lowest BCUT2D eigenvalue weighted by Crippen LogP contribution is -2.59. The summed E-state index contributed by atoms with van der Waals surface area (Å²) >= 11 is 0. The summed E-state index contributed by atoms with van der Waals surface area (Å²) in [5.74, 6) is -4.76. The Labute approximate surface area is 90.6 Å². The van der Waals surface area contributed by atoms with E-state index >= 15 is 0 Å². The maximum absolute atomic E-state index is 13.2. The van der Waals surface area contributed by atoms with Gasteiger partial charge in [-0.05, 0) is 20.3 Å². The molecule has 1 heterocycles. The second-order valence-electron chi connectivity index (χ2n) is 4.35. The van der Waals surface area contributed by atoms with Gasteiger partial charge >= 0.3 is 12.1 Å². The van der Waals surface area contributed by atoms with Crippen LogP contribution in [0.1, 0.15) is 20.3 Å². The molecule has 16 heavy (non-hydrogen) atoms. The number of hydrogen-bond donors (Lipinski definition) is 1. The molecule has 0 bridgehead atoms. The monoisotopic (exact) mass is 246 g/mol. The van der Waals surface area contributed by atoms with Crippen molar-refractivity contribution in [2.75, 3.05) is 6.54 Å². The standard InChI is InChI=1S/C9H15F5N2/c1-5(2)16-4-3-6(15)7(16)8(10,11)9(12,13)14/h5-7H,3-4,15H2,1-2H3. The van der Waals surface area contributed by atoms with Crippen LogP contribution < -0.4 is 5.73 Å². The summed E-state index contributed by atoms with van der Waals surface area (Å²) in [5.41, 5.74) is 5.37. The van der Waals surface area contributed by atoms with E-state index in [0.29, 0.717) is 0 Å². The highest BCUT2D eigenvalue weighted by Crippen LogP contribution is 2.43. The van der Waals surface area contributed by atoms with Crippen molar-refractivity contribution >= 4 is 0 Å². The molecule has 1 aliphatic rings. The van der Waals surface area contributed by atoms with Crippen molar-refractivity contribution in [1.29, 1.82) is 0 Å². The topological polar surface area (TPSA) is 29.3 Å². The number of hydrogen-bond acceptors (Lipinski definition) is 2. The largest absolute Gasteiger partial charge is 0.455 e. The zero-order valence-corrected chi connectivity index (χ0v) is 9.06. The average Bonchev–Trinajstić information content (AvgIpc) is 2.45. The van der Waals surface area contributed by atoms with Crippen LogP contribution in [0.5, 0.6) is 0 Å². The first kappa shape index (κ1) is 13.6. The molecular formula is C9H15F5N2. The summed E-state index contributed by atoms with van der Waals surface area (Å²) in [7, 11) is 0. The summed E-state index contributed by atoms with van der Waals surface area (Å²) in [4.78, 5) is 1.12. The number of halogens is 5. The first-order chi connectivity index (χ1) is 7.09. The SMILES string of the molecule is CC(C)N1CCC(N)C1C(F)(F)C(F)(F)F. The molecule has 1 aliphatic heterocycles. The van der Waals surface area contributed by atoms with Gasteiger partial charge in [0.15, 0.2) is 0 Å². The van der Waals surface area contributed by atoms with Crippen molar-refractivity contribution in [3.63, 3.8) is 0 Å². The Balaban J connectivity index is 2.99. The molecule has 0 aromatic rings. The Kier molecular flexibility index (Phi) is 3.50.